The topological polar surface area (TPSA) is 173 Å². The molecule has 0 unspecified atom stereocenters. The highest BCUT2D eigenvalue weighted by atomic mass is 32.2. The first-order valence-corrected chi connectivity index (χ1v) is 12.7. The molecule has 4 aromatic carbocycles. The van der Waals surface area contributed by atoms with Crippen LogP contribution >= 0.6 is 12.2 Å². The summed E-state index contributed by atoms with van der Waals surface area (Å²) < 4.78 is 64.2. The molecule has 4 rings (SSSR count). The average Bonchev–Trinajstić information content (AvgIpc) is 2.71. The minimum absolute atomic E-state index is 0.129. The predicted octanol–water partition coefficient (Wildman–Crippen LogP) is 3.71. The third-order valence-electron chi connectivity index (χ3n) is 4.92. The molecule has 0 fully saturated rings. The van der Waals surface area contributed by atoms with Gasteiger partial charge in [-0.05, 0) is 71.5 Å². The first-order valence-electron chi connectivity index (χ1n) is 9.38. The van der Waals surface area contributed by atoms with Gasteiger partial charge in [0.1, 0.15) is 11.5 Å². The number of fused-ring (bicyclic) bond motifs is 2. The highest BCUT2D eigenvalue weighted by Crippen LogP contribution is 2.32. The summed E-state index contributed by atoms with van der Waals surface area (Å²) in [7, 11) is -9.03. The Morgan fingerprint density at radius 1 is 0.647 bits per heavy atom. The molecule has 34 heavy (non-hydrogen) atoms. The van der Waals surface area contributed by atoms with Crippen molar-refractivity contribution >= 4 is 70.5 Å². The van der Waals surface area contributed by atoms with E-state index < -0.39 is 30.0 Å². The summed E-state index contributed by atoms with van der Waals surface area (Å²) in [6.45, 7) is 0. The summed E-state index contributed by atoms with van der Waals surface area (Å²) in [4.78, 5) is -0.918. The molecule has 0 atom stereocenters. The van der Waals surface area contributed by atoms with E-state index in [1.54, 1.807) is 24.3 Å². The second-order valence-electron chi connectivity index (χ2n) is 7.29. The average molecular weight is 521 g/mol. The lowest BCUT2D eigenvalue weighted by atomic mass is 10.1. The molecule has 0 aliphatic rings. The number of benzene rings is 4. The zero-order valence-electron chi connectivity index (χ0n) is 16.9. The van der Waals surface area contributed by atoms with Crippen molar-refractivity contribution in [3.05, 3.63) is 60.7 Å². The highest BCUT2D eigenvalue weighted by Gasteiger charge is 2.15. The Bertz CT molecular complexity index is 1580. The largest absolute Gasteiger partial charge is 0.507 e. The Labute approximate surface area is 199 Å². The van der Waals surface area contributed by atoms with Gasteiger partial charge in [-0.15, -0.1) is 0 Å². The van der Waals surface area contributed by atoms with E-state index in [9.17, 15) is 36.2 Å². The fourth-order valence-electron chi connectivity index (χ4n) is 3.39. The molecule has 13 heteroatoms. The van der Waals surface area contributed by atoms with Gasteiger partial charge in [-0.2, -0.15) is 16.8 Å². The Hall–Kier alpha value is -3.49. The fraction of sp³-hybridized carbons (Fsp3) is 0. The highest BCUT2D eigenvalue weighted by molar-refractivity contribution is 7.86. The number of nitrogens with one attached hydrogen (secondary N) is 2. The number of hydrogen-bond donors (Lipinski definition) is 6. The first kappa shape index (κ1) is 23.7. The number of rotatable bonds is 4. The maximum Gasteiger partial charge on any atom is 0.294 e. The summed E-state index contributed by atoms with van der Waals surface area (Å²) in [5, 5.41) is 27.4. The van der Waals surface area contributed by atoms with Gasteiger partial charge in [0.2, 0.25) is 0 Å². The molecule has 4 aromatic rings. The maximum atomic E-state index is 11.4. The van der Waals surface area contributed by atoms with Gasteiger partial charge in [0.15, 0.2) is 5.11 Å². The summed E-state index contributed by atoms with van der Waals surface area (Å²) in [5.74, 6) is -0.637. The number of anilines is 2. The molecular formula is C21H16N2O8S3. The van der Waals surface area contributed by atoms with E-state index in [1.165, 1.54) is 24.3 Å². The summed E-state index contributed by atoms with van der Waals surface area (Å²) in [6, 6.07) is 13.6. The fourth-order valence-corrected chi connectivity index (χ4v) is 4.70. The van der Waals surface area contributed by atoms with Crippen LogP contribution in [0.3, 0.4) is 0 Å². The van der Waals surface area contributed by atoms with Crippen molar-refractivity contribution in [1.82, 2.24) is 0 Å². The van der Waals surface area contributed by atoms with Crippen molar-refractivity contribution in [3.63, 3.8) is 0 Å². The van der Waals surface area contributed by atoms with E-state index in [4.69, 9.17) is 12.2 Å². The molecule has 0 saturated carbocycles. The molecule has 0 saturated heterocycles. The molecule has 0 aliphatic carbocycles. The first-order chi connectivity index (χ1) is 15.8. The van der Waals surface area contributed by atoms with Gasteiger partial charge in [-0.3, -0.25) is 9.11 Å². The molecule has 0 aliphatic heterocycles. The number of aromatic hydroxyl groups is 2. The Balaban J connectivity index is 1.61. The second kappa shape index (κ2) is 8.38. The lowest BCUT2D eigenvalue weighted by Crippen LogP contribution is -2.19. The molecule has 10 nitrogen and oxygen atoms in total. The number of phenolic OH excluding ortho intramolecular Hbond substituents is 2. The van der Waals surface area contributed by atoms with E-state index in [0.29, 0.717) is 32.9 Å². The molecular weight excluding hydrogens is 504 g/mol. The quantitative estimate of drug-likeness (QED) is 0.171. The SMILES string of the molecule is O=S(=O)(O)c1cc(O)c2ccc(NC(=S)Nc3ccc4c(O)cc(S(=O)(=O)O)cc4c3)cc2c1. The van der Waals surface area contributed by atoms with Gasteiger partial charge < -0.3 is 20.8 Å². The summed E-state index contributed by atoms with van der Waals surface area (Å²) in [6.07, 6.45) is 0. The molecule has 0 radical (unpaired) electrons. The van der Waals surface area contributed by atoms with Gasteiger partial charge in [0.25, 0.3) is 20.2 Å². The molecule has 0 spiro atoms. The molecule has 0 bridgehead atoms. The van der Waals surface area contributed by atoms with Crippen LogP contribution in [0.15, 0.2) is 70.5 Å². The van der Waals surface area contributed by atoms with E-state index in [2.05, 4.69) is 10.6 Å². The third-order valence-corrected chi connectivity index (χ3v) is 6.79. The summed E-state index contributed by atoms with van der Waals surface area (Å²) >= 11 is 5.29. The minimum atomic E-state index is -4.52. The number of thiocarbonyl (C=S) groups is 1. The van der Waals surface area contributed by atoms with Crippen LogP contribution in [-0.2, 0) is 20.2 Å². The van der Waals surface area contributed by atoms with E-state index in [-0.39, 0.29) is 16.6 Å². The molecule has 176 valence electrons. The zero-order valence-corrected chi connectivity index (χ0v) is 19.4. The van der Waals surface area contributed by atoms with Crippen molar-refractivity contribution in [2.75, 3.05) is 10.6 Å². The van der Waals surface area contributed by atoms with Crippen LogP contribution in [0.2, 0.25) is 0 Å². The van der Waals surface area contributed by atoms with Gasteiger partial charge in [0, 0.05) is 34.3 Å². The monoisotopic (exact) mass is 520 g/mol. The second-order valence-corrected chi connectivity index (χ2v) is 10.5. The number of hydrogen-bond acceptors (Lipinski definition) is 7. The van der Waals surface area contributed by atoms with Gasteiger partial charge in [0.05, 0.1) is 9.79 Å². The Morgan fingerprint density at radius 2 is 1.03 bits per heavy atom. The maximum absolute atomic E-state index is 11.4. The predicted molar refractivity (Wildman–Crippen MR) is 131 cm³/mol. The lowest BCUT2D eigenvalue weighted by Gasteiger charge is -2.13. The summed E-state index contributed by atoms with van der Waals surface area (Å²) in [5.41, 5.74) is 0.896. The van der Waals surface area contributed by atoms with Crippen molar-refractivity contribution in [2.45, 2.75) is 9.79 Å². The Kier molecular flexibility index (Phi) is 5.83. The molecule has 0 amide bonds. The molecule has 0 heterocycles. The van der Waals surface area contributed by atoms with Gasteiger partial charge in [-0.1, -0.05) is 0 Å². The van der Waals surface area contributed by atoms with Crippen molar-refractivity contribution in [3.8, 4) is 11.5 Å². The van der Waals surface area contributed by atoms with Crippen molar-refractivity contribution in [2.24, 2.45) is 0 Å². The smallest absolute Gasteiger partial charge is 0.294 e. The van der Waals surface area contributed by atoms with Crippen LogP contribution < -0.4 is 10.6 Å². The van der Waals surface area contributed by atoms with Gasteiger partial charge in [-0.25, -0.2) is 0 Å². The Morgan fingerprint density at radius 3 is 1.38 bits per heavy atom. The minimum Gasteiger partial charge on any atom is -0.507 e. The van der Waals surface area contributed by atoms with Crippen LogP contribution in [0.1, 0.15) is 0 Å². The molecule has 6 N–H and O–H groups in total. The van der Waals surface area contributed by atoms with Crippen LogP contribution in [0.4, 0.5) is 11.4 Å². The third kappa shape index (κ3) is 4.88. The normalized spacial score (nSPS) is 12.1. The van der Waals surface area contributed by atoms with Crippen molar-refractivity contribution < 1.29 is 36.2 Å². The van der Waals surface area contributed by atoms with Crippen LogP contribution in [0.5, 0.6) is 11.5 Å². The number of phenols is 2. The van der Waals surface area contributed by atoms with Crippen LogP contribution in [0, 0.1) is 0 Å². The van der Waals surface area contributed by atoms with Crippen LogP contribution in [0.25, 0.3) is 21.5 Å². The van der Waals surface area contributed by atoms with Gasteiger partial charge >= 0.3 is 0 Å². The zero-order chi connectivity index (χ0) is 24.8. The lowest BCUT2D eigenvalue weighted by molar-refractivity contribution is 0.470. The van der Waals surface area contributed by atoms with Crippen molar-refractivity contribution in [1.29, 1.82) is 0 Å². The van der Waals surface area contributed by atoms with E-state index in [0.717, 1.165) is 12.1 Å². The van der Waals surface area contributed by atoms with E-state index in [1.807, 2.05) is 0 Å². The van der Waals surface area contributed by atoms with E-state index >= 15 is 0 Å². The molecule has 0 aromatic heterocycles. The standard InChI is InChI=1S/C21H16N2O8S3/c24-19-9-15(33(26,27)28)7-11-5-13(1-3-17(11)19)22-21(32)23-14-2-4-18-12(6-14)8-16(10-20(18)25)34(29,30)31/h1-10,24-25H,(H2,22,23,32)(H,26,27,28)(H,29,30,31). The van der Waals surface area contributed by atoms with Crippen LogP contribution in [-0.4, -0.2) is 41.3 Å².